The van der Waals surface area contributed by atoms with Crippen molar-refractivity contribution >= 4 is 23.1 Å². The molecule has 0 bridgehead atoms. The van der Waals surface area contributed by atoms with Gasteiger partial charge >= 0.3 is 5.97 Å². The lowest BCUT2D eigenvalue weighted by Gasteiger charge is -2.03. The van der Waals surface area contributed by atoms with Crippen LogP contribution in [0.4, 0.5) is 4.39 Å². The van der Waals surface area contributed by atoms with Crippen LogP contribution in [0.3, 0.4) is 0 Å². The van der Waals surface area contributed by atoms with Crippen molar-refractivity contribution in [1.29, 1.82) is 0 Å². The second-order valence-electron chi connectivity index (χ2n) is 5.28. The maximum absolute atomic E-state index is 13.1. The van der Waals surface area contributed by atoms with Gasteiger partial charge in [0.05, 0.1) is 7.11 Å². The molecule has 0 aliphatic heterocycles. The lowest BCUT2D eigenvalue weighted by Crippen LogP contribution is -2.14. The molecule has 0 atom stereocenters. The van der Waals surface area contributed by atoms with E-state index in [-0.39, 0.29) is 11.3 Å². The van der Waals surface area contributed by atoms with E-state index in [4.69, 9.17) is 9.47 Å². The maximum Gasteiger partial charge on any atom is 0.358 e. The van der Waals surface area contributed by atoms with E-state index in [1.165, 1.54) is 29.5 Å². The number of benzene rings is 2. The van der Waals surface area contributed by atoms with Gasteiger partial charge in [0.2, 0.25) is 0 Å². The first kappa shape index (κ1) is 17.8. The molecule has 3 aromatic rings. The van der Waals surface area contributed by atoms with Crippen LogP contribution in [-0.2, 0) is 4.74 Å². The standard InChI is InChI=1S/C19H14FNO4S/c1-24-15-7-5-12(6-8-15)18-21-16(11-26-18)19(23)25-10-17(22)13-3-2-4-14(20)9-13/h2-9,11H,10H2,1H3. The minimum atomic E-state index is -0.703. The normalized spacial score (nSPS) is 10.4. The minimum absolute atomic E-state index is 0.118. The Morgan fingerprint density at radius 1 is 1.15 bits per heavy atom. The van der Waals surface area contributed by atoms with Crippen LogP contribution >= 0.6 is 11.3 Å². The summed E-state index contributed by atoms with van der Waals surface area (Å²) in [5.41, 5.74) is 1.11. The average molecular weight is 371 g/mol. The Balaban J connectivity index is 1.63. The fourth-order valence-electron chi connectivity index (χ4n) is 2.18. The molecule has 0 fully saturated rings. The van der Waals surface area contributed by atoms with Gasteiger partial charge in [-0.15, -0.1) is 11.3 Å². The summed E-state index contributed by atoms with van der Waals surface area (Å²) in [6.45, 7) is -0.475. The van der Waals surface area contributed by atoms with Crippen LogP contribution in [0.15, 0.2) is 53.9 Å². The van der Waals surface area contributed by atoms with Gasteiger partial charge in [-0.2, -0.15) is 0 Å². The molecule has 0 saturated carbocycles. The highest BCUT2D eigenvalue weighted by atomic mass is 32.1. The summed E-state index contributed by atoms with van der Waals surface area (Å²) in [5, 5.41) is 2.21. The summed E-state index contributed by atoms with van der Waals surface area (Å²) < 4.78 is 23.2. The van der Waals surface area contributed by atoms with Crippen LogP contribution in [0.2, 0.25) is 0 Å². The number of hydrogen-bond acceptors (Lipinski definition) is 6. The highest BCUT2D eigenvalue weighted by molar-refractivity contribution is 7.13. The minimum Gasteiger partial charge on any atom is -0.497 e. The van der Waals surface area contributed by atoms with Gasteiger partial charge in [-0.3, -0.25) is 4.79 Å². The van der Waals surface area contributed by atoms with Crippen LogP contribution < -0.4 is 4.74 Å². The lowest BCUT2D eigenvalue weighted by molar-refractivity contribution is 0.0470. The Labute approximate surface area is 153 Å². The van der Waals surface area contributed by atoms with Gasteiger partial charge in [0.15, 0.2) is 18.1 Å². The predicted octanol–water partition coefficient (Wildman–Crippen LogP) is 4.00. The molecule has 1 aromatic heterocycles. The molecule has 0 saturated heterocycles. The zero-order valence-corrected chi connectivity index (χ0v) is 14.6. The summed E-state index contributed by atoms with van der Waals surface area (Å²) in [4.78, 5) is 28.2. The van der Waals surface area contributed by atoms with Crippen LogP contribution in [0.5, 0.6) is 5.75 Å². The van der Waals surface area contributed by atoms with Gasteiger partial charge in [-0.1, -0.05) is 12.1 Å². The first-order valence-electron chi connectivity index (χ1n) is 7.62. The second kappa shape index (κ2) is 7.88. The zero-order chi connectivity index (χ0) is 18.5. The molecule has 0 amide bonds. The molecular weight excluding hydrogens is 357 g/mol. The first-order valence-corrected chi connectivity index (χ1v) is 8.50. The second-order valence-corrected chi connectivity index (χ2v) is 6.13. The van der Waals surface area contributed by atoms with E-state index in [2.05, 4.69) is 4.98 Å². The van der Waals surface area contributed by atoms with Crippen molar-refractivity contribution in [3.8, 4) is 16.3 Å². The zero-order valence-electron chi connectivity index (χ0n) is 13.8. The molecule has 2 aromatic carbocycles. The van der Waals surface area contributed by atoms with Crippen molar-refractivity contribution in [3.63, 3.8) is 0 Å². The number of ether oxygens (including phenoxy) is 2. The Bertz CT molecular complexity index is 937. The summed E-state index contributed by atoms with van der Waals surface area (Å²) in [5.74, 6) is -0.985. The summed E-state index contributed by atoms with van der Waals surface area (Å²) in [7, 11) is 1.58. The highest BCUT2D eigenvalue weighted by Gasteiger charge is 2.16. The molecule has 132 valence electrons. The van der Waals surface area contributed by atoms with Crippen LogP contribution in [-0.4, -0.2) is 30.5 Å². The number of carbonyl (C=O) groups excluding carboxylic acids is 2. The van der Waals surface area contributed by atoms with E-state index in [1.54, 1.807) is 24.6 Å². The van der Waals surface area contributed by atoms with Crippen molar-refractivity contribution in [2.45, 2.75) is 0 Å². The number of ketones is 1. The molecule has 0 aliphatic rings. The Morgan fingerprint density at radius 2 is 1.92 bits per heavy atom. The van der Waals surface area contributed by atoms with Gasteiger partial charge in [-0.25, -0.2) is 14.2 Å². The van der Waals surface area contributed by atoms with E-state index in [1.807, 2.05) is 12.1 Å². The molecule has 0 unspecified atom stereocenters. The van der Waals surface area contributed by atoms with Gasteiger partial charge in [-0.05, 0) is 36.4 Å². The Hall–Kier alpha value is -3.06. The maximum atomic E-state index is 13.1. The topological polar surface area (TPSA) is 65.5 Å². The van der Waals surface area contributed by atoms with Crippen molar-refractivity contribution < 1.29 is 23.5 Å². The molecule has 5 nitrogen and oxygen atoms in total. The van der Waals surface area contributed by atoms with Crippen molar-refractivity contribution in [1.82, 2.24) is 4.98 Å². The van der Waals surface area contributed by atoms with E-state index in [9.17, 15) is 14.0 Å². The number of aromatic nitrogens is 1. The Morgan fingerprint density at radius 3 is 2.62 bits per heavy atom. The quantitative estimate of drug-likeness (QED) is 0.484. The number of thiazole rings is 1. The van der Waals surface area contributed by atoms with Crippen molar-refractivity contribution in [2.75, 3.05) is 13.7 Å². The fourth-order valence-corrected chi connectivity index (χ4v) is 2.98. The summed E-state index contributed by atoms with van der Waals surface area (Å²) in [6.07, 6.45) is 0. The number of carbonyl (C=O) groups is 2. The van der Waals surface area contributed by atoms with Crippen molar-refractivity contribution in [2.24, 2.45) is 0 Å². The van der Waals surface area contributed by atoms with Crippen LogP contribution in [0.1, 0.15) is 20.8 Å². The number of Topliss-reactive ketones (excluding diaryl/α,β-unsaturated/α-hetero) is 1. The smallest absolute Gasteiger partial charge is 0.358 e. The SMILES string of the molecule is COc1ccc(-c2nc(C(=O)OCC(=O)c3cccc(F)c3)cs2)cc1. The van der Waals surface area contributed by atoms with Crippen LogP contribution in [0.25, 0.3) is 10.6 Å². The Kier molecular flexibility index (Phi) is 5.38. The van der Waals surface area contributed by atoms with Gasteiger partial charge in [0.1, 0.15) is 16.6 Å². The number of esters is 1. The number of methoxy groups -OCH3 is 1. The molecule has 0 N–H and O–H groups in total. The van der Waals surface area contributed by atoms with Gasteiger partial charge in [0, 0.05) is 16.5 Å². The largest absolute Gasteiger partial charge is 0.497 e. The van der Waals surface area contributed by atoms with E-state index >= 15 is 0 Å². The molecule has 26 heavy (non-hydrogen) atoms. The molecule has 7 heteroatoms. The number of hydrogen-bond donors (Lipinski definition) is 0. The fraction of sp³-hybridized carbons (Fsp3) is 0.105. The third-order valence-corrected chi connectivity index (χ3v) is 4.42. The molecule has 0 radical (unpaired) electrons. The molecule has 3 rings (SSSR count). The van der Waals surface area contributed by atoms with Gasteiger partial charge < -0.3 is 9.47 Å². The monoisotopic (exact) mass is 371 g/mol. The third kappa shape index (κ3) is 4.12. The third-order valence-electron chi connectivity index (χ3n) is 3.53. The van der Waals surface area contributed by atoms with E-state index in [0.29, 0.717) is 5.01 Å². The molecule has 1 heterocycles. The molecule has 0 aliphatic carbocycles. The molecular formula is C19H14FNO4S. The first-order chi connectivity index (χ1) is 12.6. The predicted molar refractivity (Wildman–Crippen MR) is 95.1 cm³/mol. The number of nitrogens with zero attached hydrogens (tertiary/aromatic N) is 1. The lowest BCUT2D eigenvalue weighted by atomic mass is 10.1. The van der Waals surface area contributed by atoms with Crippen LogP contribution in [0, 0.1) is 5.82 Å². The average Bonchev–Trinajstić information content (AvgIpc) is 3.16. The van der Waals surface area contributed by atoms with E-state index in [0.717, 1.165) is 17.4 Å². The highest BCUT2D eigenvalue weighted by Crippen LogP contribution is 2.26. The summed E-state index contributed by atoms with van der Waals surface area (Å²) in [6, 6.07) is 12.5. The summed E-state index contributed by atoms with van der Waals surface area (Å²) >= 11 is 1.29. The number of halogens is 1. The van der Waals surface area contributed by atoms with Gasteiger partial charge in [0.25, 0.3) is 0 Å². The molecule has 0 spiro atoms. The number of rotatable bonds is 6. The van der Waals surface area contributed by atoms with Crippen molar-refractivity contribution in [3.05, 3.63) is 71.0 Å². The van der Waals surface area contributed by atoms with E-state index < -0.39 is 24.2 Å².